The molecule has 0 N–H and O–H groups in total. The van der Waals surface area contributed by atoms with Crippen LogP contribution in [0.1, 0.15) is 33.6 Å². The Kier molecular flexibility index (Phi) is 3.56. The highest BCUT2D eigenvalue weighted by atomic mass is 19.2. The van der Waals surface area contributed by atoms with E-state index in [-0.39, 0.29) is 24.3 Å². The van der Waals surface area contributed by atoms with Crippen molar-refractivity contribution >= 4 is 11.7 Å². The van der Waals surface area contributed by atoms with Gasteiger partial charge in [0.25, 0.3) is 5.91 Å². The van der Waals surface area contributed by atoms with Crippen LogP contribution in [0.25, 0.3) is 0 Å². The standard InChI is InChI=1S/C19H15F2NO3/c20-14-6-5-12(9-15(14)21)18(24)22-8-7-19(11-22)10-16(23)13-3-1-2-4-17(13)25-19/h1-6,9H,7-8,10-11H2. The largest absolute Gasteiger partial charge is 0.484 e. The van der Waals surface area contributed by atoms with Gasteiger partial charge in [-0.1, -0.05) is 12.1 Å². The first-order valence-corrected chi connectivity index (χ1v) is 8.03. The SMILES string of the molecule is O=C1CC2(CCN(C(=O)c3ccc(F)c(F)c3)C2)Oc2ccccc21. The van der Waals surface area contributed by atoms with Crippen LogP contribution in [0.3, 0.4) is 0 Å². The van der Waals surface area contributed by atoms with Crippen molar-refractivity contribution in [3.8, 4) is 5.75 Å². The number of hydrogen-bond donors (Lipinski definition) is 0. The van der Waals surface area contributed by atoms with Crippen molar-refractivity contribution in [3.63, 3.8) is 0 Å². The number of likely N-dealkylation sites (tertiary alicyclic amines) is 1. The smallest absolute Gasteiger partial charge is 0.254 e. The number of carbonyl (C=O) groups is 2. The van der Waals surface area contributed by atoms with E-state index in [9.17, 15) is 18.4 Å². The van der Waals surface area contributed by atoms with Crippen LogP contribution in [0.4, 0.5) is 8.78 Å². The van der Waals surface area contributed by atoms with E-state index in [2.05, 4.69) is 0 Å². The normalized spacial score (nSPS) is 22.0. The summed E-state index contributed by atoms with van der Waals surface area (Å²) in [6, 6.07) is 10.1. The minimum absolute atomic E-state index is 0.0102. The van der Waals surface area contributed by atoms with Crippen molar-refractivity contribution in [1.82, 2.24) is 4.90 Å². The molecule has 0 radical (unpaired) electrons. The van der Waals surface area contributed by atoms with Gasteiger partial charge in [-0.2, -0.15) is 0 Å². The summed E-state index contributed by atoms with van der Waals surface area (Å²) >= 11 is 0. The molecule has 1 spiro atoms. The molecule has 2 heterocycles. The van der Waals surface area contributed by atoms with Gasteiger partial charge in [0.05, 0.1) is 18.5 Å². The van der Waals surface area contributed by atoms with Gasteiger partial charge in [-0.05, 0) is 30.3 Å². The van der Waals surface area contributed by atoms with E-state index in [1.54, 1.807) is 24.3 Å². The van der Waals surface area contributed by atoms with Crippen molar-refractivity contribution in [2.75, 3.05) is 13.1 Å². The second-order valence-electron chi connectivity index (χ2n) is 6.49. The van der Waals surface area contributed by atoms with E-state index in [4.69, 9.17) is 4.74 Å². The van der Waals surface area contributed by atoms with Crippen molar-refractivity contribution < 1.29 is 23.1 Å². The fourth-order valence-electron chi connectivity index (χ4n) is 3.50. The van der Waals surface area contributed by atoms with E-state index in [1.807, 2.05) is 0 Å². The van der Waals surface area contributed by atoms with Gasteiger partial charge in [0.2, 0.25) is 0 Å². The third kappa shape index (κ3) is 2.67. The quantitative estimate of drug-likeness (QED) is 0.799. The zero-order valence-corrected chi connectivity index (χ0v) is 13.3. The number of carbonyl (C=O) groups excluding carboxylic acids is 2. The predicted octanol–water partition coefficient (Wildman–Crippen LogP) is 3.21. The number of para-hydroxylation sites is 1. The van der Waals surface area contributed by atoms with Crippen molar-refractivity contribution in [2.45, 2.75) is 18.4 Å². The van der Waals surface area contributed by atoms with E-state index in [1.165, 1.54) is 11.0 Å². The van der Waals surface area contributed by atoms with Crippen LogP contribution in [-0.4, -0.2) is 35.3 Å². The average Bonchev–Trinajstić information content (AvgIpc) is 3.00. The van der Waals surface area contributed by atoms with Crippen LogP contribution in [-0.2, 0) is 0 Å². The van der Waals surface area contributed by atoms with Crippen LogP contribution >= 0.6 is 0 Å². The lowest BCUT2D eigenvalue weighted by atomic mass is 9.89. The molecule has 0 bridgehead atoms. The fourth-order valence-corrected chi connectivity index (χ4v) is 3.50. The molecule has 128 valence electrons. The number of ketones is 1. The van der Waals surface area contributed by atoms with Gasteiger partial charge in [-0.3, -0.25) is 9.59 Å². The minimum atomic E-state index is -1.06. The highest BCUT2D eigenvalue weighted by Crippen LogP contribution is 2.38. The number of nitrogens with zero attached hydrogens (tertiary/aromatic N) is 1. The number of rotatable bonds is 1. The number of ether oxygens (including phenoxy) is 1. The molecule has 0 aromatic heterocycles. The maximum atomic E-state index is 13.4. The molecule has 1 fully saturated rings. The Labute approximate surface area is 143 Å². The van der Waals surface area contributed by atoms with E-state index in [0.717, 1.165) is 12.1 Å². The van der Waals surface area contributed by atoms with Gasteiger partial charge in [0.1, 0.15) is 11.4 Å². The molecule has 1 saturated heterocycles. The summed E-state index contributed by atoms with van der Waals surface area (Å²) in [5.41, 5.74) is -0.114. The lowest BCUT2D eigenvalue weighted by molar-refractivity contribution is 0.0428. The first-order valence-electron chi connectivity index (χ1n) is 8.03. The fraction of sp³-hybridized carbons (Fsp3) is 0.263. The summed E-state index contributed by atoms with van der Waals surface area (Å²) in [7, 11) is 0. The zero-order chi connectivity index (χ0) is 17.6. The molecule has 0 saturated carbocycles. The Morgan fingerprint density at radius 1 is 1.12 bits per heavy atom. The molecular formula is C19H15F2NO3. The molecule has 2 aromatic carbocycles. The lowest BCUT2D eigenvalue weighted by Crippen LogP contribution is -2.45. The molecule has 2 aromatic rings. The maximum absolute atomic E-state index is 13.4. The van der Waals surface area contributed by atoms with Gasteiger partial charge in [-0.25, -0.2) is 8.78 Å². The Bertz CT molecular complexity index is 883. The van der Waals surface area contributed by atoms with Crippen LogP contribution in [0.5, 0.6) is 5.75 Å². The number of halogens is 2. The lowest BCUT2D eigenvalue weighted by Gasteiger charge is -2.34. The topological polar surface area (TPSA) is 46.6 Å². The molecule has 1 atom stereocenters. The maximum Gasteiger partial charge on any atom is 0.254 e. The highest BCUT2D eigenvalue weighted by molar-refractivity contribution is 6.00. The van der Waals surface area contributed by atoms with Crippen molar-refractivity contribution in [2.24, 2.45) is 0 Å². The van der Waals surface area contributed by atoms with Crippen LogP contribution in [0.15, 0.2) is 42.5 Å². The highest BCUT2D eigenvalue weighted by Gasteiger charge is 2.47. The third-order valence-corrected chi connectivity index (χ3v) is 4.77. The molecule has 2 aliphatic heterocycles. The van der Waals surface area contributed by atoms with E-state index < -0.39 is 23.1 Å². The summed E-state index contributed by atoms with van der Waals surface area (Å²) < 4.78 is 32.5. The number of Topliss-reactive ketones (excluding diaryl/α,β-unsaturated/α-hetero) is 1. The summed E-state index contributed by atoms with van der Waals surface area (Å²) in [6.45, 7) is 0.637. The Morgan fingerprint density at radius 2 is 1.92 bits per heavy atom. The van der Waals surface area contributed by atoms with Crippen molar-refractivity contribution in [3.05, 3.63) is 65.2 Å². The number of amides is 1. The molecular weight excluding hydrogens is 328 g/mol. The molecule has 2 aliphatic rings. The summed E-state index contributed by atoms with van der Waals surface area (Å²) in [5.74, 6) is -1.93. The van der Waals surface area contributed by atoms with Crippen LogP contribution < -0.4 is 4.74 Å². The molecule has 4 nitrogen and oxygen atoms in total. The zero-order valence-electron chi connectivity index (χ0n) is 13.3. The monoisotopic (exact) mass is 343 g/mol. The van der Waals surface area contributed by atoms with E-state index >= 15 is 0 Å². The second-order valence-corrected chi connectivity index (χ2v) is 6.49. The first kappa shape index (κ1) is 15.7. The van der Waals surface area contributed by atoms with Crippen LogP contribution in [0, 0.1) is 11.6 Å². The molecule has 0 aliphatic carbocycles. The third-order valence-electron chi connectivity index (χ3n) is 4.77. The number of hydrogen-bond acceptors (Lipinski definition) is 3. The molecule has 1 unspecified atom stereocenters. The summed E-state index contributed by atoms with van der Waals surface area (Å²) in [5, 5.41) is 0. The van der Waals surface area contributed by atoms with Crippen LogP contribution in [0.2, 0.25) is 0 Å². The molecule has 6 heteroatoms. The number of fused-ring (bicyclic) bond motifs is 1. The molecule has 25 heavy (non-hydrogen) atoms. The minimum Gasteiger partial charge on any atom is -0.484 e. The van der Waals surface area contributed by atoms with Gasteiger partial charge in [0.15, 0.2) is 17.4 Å². The Morgan fingerprint density at radius 3 is 2.72 bits per heavy atom. The van der Waals surface area contributed by atoms with Crippen molar-refractivity contribution in [1.29, 1.82) is 0 Å². The number of benzene rings is 2. The summed E-state index contributed by atoms with van der Waals surface area (Å²) in [4.78, 5) is 26.5. The molecule has 4 rings (SSSR count). The molecule has 1 amide bonds. The van der Waals surface area contributed by atoms with Gasteiger partial charge in [-0.15, -0.1) is 0 Å². The second kappa shape index (κ2) is 5.65. The van der Waals surface area contributed by atoms with Gasteiger partial charge in [0, 0.05) is 18.5 Å². The van der Waals surface area contributed by atoms with E-state index in [0.29, 0.717) is 24.3 Å². The van der Waals surface area contributed by atoms with Gasteiger partial charge < -0.3 is 9.64 Å². The predicted molar refractivity (Wildman–Crippen MR) is 85.6 cm³/mol. The first-order chi connectivity index (χ1) is 12.0. The summed E-state index contributed by atoms with van der Waals surface area (Å²) in [6.07, 6.45) is 0.716. The van der Waals surface area contributed by atoms with Gasteiger partial charge >= 0.3 is 0 Å². The Balaban J connectivity index is 1.56. The Hall–Kier alpha value is -2.76. The average molecular weight is 343 g/mol.